The normalized spacial score (nSPS) is 16.2. The average Bonchev–Trinajstić information content (AvgIpc) is 2.94. The molecule has 2 aromatic rings. The third-order valence-corrected chi connectivity index (χ3v) is 4.32. The average molecular weight is 367 g/mol. The number of carbonyl (C=O) groups excluding carboxylic acids is 3. The Morgan fingerprint density at radius 1 is 1.11 bits per heavy atom. The smallest absolute Gasteiger partial charge is 0.325 e. The van der Waals surface area contributed by atoms with Gasteiger partial charge < -0.3 is 15.4 Å². The van der Waals surface area contributed by atoms with Gasteiger partial charge in [0.1, 0.15) is 18.3 Å². The summed E-state index contributed by atoms with van der Waals surface area (Å²) in [6.07, 6.45) is 0.396. The first-order valence-electron chi connectivity index (χ1n) is 8.62. The molecule has 7 heteroatoms. The quantitative estimate of drug-likeness (QED) is 0.726. The molecule has 0 saturated carbocycles. The van der Waals surface area contributed by atoms with Crippen molar-refractivity contribution in [3.63, 3.8) is 0 Å². The number of carbonyl (C=O) groups is 3. The molecule has 3 rings (SSSR count). The van der Waals surface area contributed by atoms with Crippen molar-refractivity contribution >= 4 is 17.8 Å². The summed E-state index contributed by atoms with van der Waals surface area (Å²) in [6, 6.07) is 15.5. The van der Waals surface area contributed by atoms with E-state index >= 15 is 0 Å². The maximum absolute atomic E-state index is 12.5. The largest absolute Gasteiger partial charge is 0.497 e. The van der Waals surface area contributed by atoms with Crippen molar-refractivity contribution in [3.8, 4) is 5.75 Å². The summed E-state index contributed by atoms with van der Waals surface area (Å²) in [5.41, 5.74) is 1.81. The van der Waals surface area contributed by atoms with Crippen LogP contribution in [0, 0.1) is 0 Å². The lowest BCUT2D eigenvalue weighted by Crippen LogP contribution is -2.41. The second-order valence-electron chi connectivity index (χ2n) is 6.24. The summed E-state index contributed by atoms with van der Waals surface area (Å²) < 4.78 is 5.14. The molecule has 1 aliphatic rings. The van der Waals surface area contributed by atoms with Crippen LogP contribution in [-0.4, -0.2) is 42.4 Å². The number of urea groups is 1. The van der Waals surface area contributed by atoms with Crippen LogP contribution in [-0.2, 0) is 22.6 Å². The Morgan fingerprint density at radius 3 is 2.59 bits per heavy atom. The third-order valence-electron chi connectivity index (χ3n) is 4.32. The van der Waals surface area contributed by atoms with Gasteiger partial charge in [0.05, 0.1) is 7.11 Å². The number of imide groups is 1. The first-order chi connectivity index (χ1) is 13.1. The molecule has 0 aliphatic carbocycles. The number of amides is 4. The molecule has 0 bridgehead atoms. The molecule has 27 heavy (non-hydrogen) atoms. The van der Waals surface area contributed by atoms with Gasteiger partial charge in [0.2, 0.25) is 5.91 Å². The molecule has 0 aromatic heterocycles. The van der Waals surface area contributed by atoms with Gasteiger partial charge in [-0.25, -0.2) is 4.79 Å². The number of rotatable bonds is 7. The molecular formula is C20H21N3O4. The third kappa shape index (κ3) is 4.63. The molecule has 1 atom stereocenters. The Morgan fingerprint density at radius 2 is 1.85 bits per heavy atom. The van der Waals surface area contributed by atoms with E-state index in [1.54, 1.807) is 7.11 Å². The van der Waals surface area contributed by atoms with Gasteiger partial charge >= 0.3 is 6.03 Å². The van der Waals surface area contributed by atoms with Crippen molar-refractivity contribution in [2.45, 2.75) is 19.0 Å². The molecule has 0 spiro atoms. The summed E-state index contributed by atoms with van der Waals surface area (Å²) in [5, 5.41) is 5.35. The fourth-order valence-electron chi connectivity index (χ4n) is 2.90. The lowest BCUT2D eigenvalue weighted by atomic mass is 10.1. The lowest BCUT2D eigenvalue weighted by molar-refractivity contribution is -0.132. The van der Waals surface area contributed by atoms with Crippen molar-refractivity contribution in [1.82, 2.24) is 15.5 Å². The van der Waals surface area contributed by atoms with Gasteiger partial charge in [-0.15, -0.1) is 0 Å². The molecule has 140 valence electrons. The van der Waals surface area contributed by atoms with Crippen LogP contribution >= 0.6 is 0 Å². The van der Waals surface area contributed by atoms with E-state index in [0.29, 0.717) is 12.2 Å². The van der Waals surface area contributed by atoms with E-state index in [2.05, 4.69) is 10.6 Å². The second-order valence-corrected chi connectivity index (χ2v) is 6.24. The molecule has 1 saturated heterocycles. The summed E-state index contributed by atoms with van der Waals surface area (Å²) in [4.78, 5) is 37.7. The zero-order valence-corrected chi connectivity index (χ0v) is 15.0. The predicted octanol–water partition coefficient (Wildman–Crippen LogP) is 1.47. The van der Waals surface area contributed by atoms with Crippen molar-refractivity contribution in [2.24, 2.45) is 0 Å². The summed E-state index contributed by atoms with van der Waals surface area (Å²) in [7, 11) is 1.57. The number of hydrogen-bond acceptors (Lipinski definition) is 4. The highest BCUT2D eigenvalue weighted by atomic mass is 16.5. The zero-order chi connectivity index (χ0) is 19.2. The molecule has 1 heterocycles. The topological polar surface area (TPSA) is 87.7 Å². The zero-order valence-electron chi connectivity index (χ0n) is 15.0. The lowest BCUT2D eigenvalue weighted by Gasteiger charge is -2.13. The van der Waals surface area contributed by atoms with Crippen LogP contribution in [0.4, 0.5) is 4.79 Å². The van der Waals surface area contributed by atoms with Gasteiger partial charge in [0.15, 0.2) is 0 Å². The van der Waals surface area contributed by atoms with Crippen LogP contribution in [0.1, 0.15) is 11.1 Å². The number of benzene rings is 2. The van der Waals surface area contributed by atoms with Crippen LogP contribution in [0.2, 0.25) is 0 Å². The number of nitrogens with zero attached hydrogens (tertiary/aromatic N) is 1. The van der Waals surface area contributed by atoms with Crippen LogP contribution in [0.3, 0.4) is 0 Å². The highest BCUT2D eigenvalue weighted by molar-refractivity contribution is 6.06. The minimum absolute atomic E-state index is 0.285. The van der Waals surface area contributed by atoms with Gasteiger partial charge in [-0.1, -0.05) is 42.5 Å². The SMILES string of the molecule is COc1cccc(CNC(=O)CN2C(=O)N[C@H](Cc3ccccc3)C2=O)c1. The summed E-state index contributed by atoms with van der Waals surface area (Å²) in [6.45, 7) is -0.0208. The molecule has 2 aromatic carbocycles. The van der Waals surface area contributed by atoms with E-state index in [9.17, 15) is 14.4 Å². The predicted molar refractivity (Wildman–Crippen MR) is 99.0 cm³/mol. The first-order valence-corrected chi connectivity index (χ1v) is 8.62. The van der Waals surface area contributed by atoms with E-state index in [4.69, 9.17) is 4.74 Å². The van der Waals surface area contributed by atoms with E-state index in [1.165, 1.54) is 0 Å². The van der Waals surface area contributed by atoms with Crippen LogP contribution in [0.25, 0.3) is 0 Å². The van der Waals surface area contributed by atoms with Crippen molar-refractivity contribution < 1.29 is 19.1 Å². The first kappa shape index (κ1) is 18.4. The van der Waals surface area contributed by atoms with Crippen LogP contribution < -0.4 is 15.4 Å². The number of ether oxygens (including phenoxy) is 1. The maximum atomic E-state index is 12.5. The van der Waals surface area contributed by atoms with Crippen LogP contribution in [0.5, 0.6) is 5.75 Å². The monoisotopic (exact) mass is 367 g/mol. The maximum Gasteiger partial charge on any atom is 0.325 e. The highest BCUT2D eigenvalue weighted by Crippen LogP contribution is 2.13. The van der Waals surface area contributed by atoms with Crippen LogP contribution in [0.15, 0.2) is 54.6 Å². The van der Waals surface area contributed by atoms with Gasteiger partial charge in [-0.05, 0) is 23.3 Å². The highest BCUT2D eigenvalue weighted by Gasteiger charge is 2.38. The molecule has 2 N–H and O–H groups in total. The standard InChI is InChI=1S/C20H21N3O4/c1-27-16-9-5-8-15(10-16)12-21-18(24)13-23-19(25)17(22-20(23)26)11-14-6-3-2-4-7-14/h2-10,17H,11-13H2,1H3,(H,21,24)(H,22,26)/t17-/m1/s1. The minimum Gasteiger partial charge on any atom is -0.497 e. The Labute approximate surface area is 157 Å². The van der Waals surface area contributed by atoms with Crippen molar-refractivity contribution in [2.75, 3.05) is 13.7 Å². The van der Waals surface area contributed by atoms with Gasteiger partial charge in [0.25, 0.3) is 5.91 Å². The minimum atomic E-state index is -0.647. The number of nitrogens with one attached hydrogen (secondary N) is 2. The molecular weight excluding hydrogens is 346 g/mol. The fourth-order valence-corrected chi connectivity index (χ4v) is 2.90. The van der Waals surface area contributed by atoms with Gasteiger partial charge in [-0.2, -0.15) is 0 Å². The molecule has 4 amide bonds. The van der Waals surface area contributed by atoms with Crippen molar-refractivity contribution in [1.29, 1.82) is 0 Å². The van der Waals surface area contributed by atoms with Crippen molar-refractivity contribution in [3.05, 3.63) is 65.7 Å². The number of methoxy groups -OCH3 is 1. The molecule has 1 aliphatic heterocycles. The Hall–Kier alpha value is -3.35. The Kier molecular flexibility index (Phi) is 5.71. The molecule has 7 nitrogen and oxygen atoms in total. The van der Waals surface area contributed by atoms with Gasteiger partial charge in [-0.3, -0.25) is 14.5 Å². The molecule has 0 unspecified atom stereocenters. The molecule has 1 fully saturated rings. The second kappa shape index (κ2) is 8.35. The van der Waals surface area contributed by atoms with E-state index < -0.39 is 18.0 Å². The van der Waals surface area contributed by atoms with E-state index in [0.717, 1.165) is 16.0 Å². The Bertz CT molecular complexity index is 838. The van der Waals surface area contributed by atoms with E-state index in [-0.39, 0.29) is 19.0 Å². The fraction of sp³-hybridized carbons (Fsp3) is 0.250. The summed E-state index contributed by atoms with van der Waals surface area (Å²) in [5.74, 6) is -0.0957. The Balaban J connectivity index is 1.54. The number of hydrogen-bond donors (Lipinski definition) is 2. The van der Waals surface area contributed by atoms with E-state index in [1.807, 2.05) is 54.6 Å². The summed E-state index contributed by atoms with van der Waals surface area (Å²) >= 11 is 0. The molecule has 0 radical (unpaired) electrons. The van der Waals surface area contributed by atoms with Gasteiger partial charge in [0, 0.05) is 13.0 Å².